The molecule has 4 rings (SSSR count). The lowest BCUT2D eigenvalue weighted by atomic mass is 10.0. The zero-order valence-corrected chi connectivity index (χ0v) is 12.2. The van der Waals surface area contributed by atoms with Gasteiger partial charge in [-0.15, -0.1) is 0 Å². The van der Waals surface area contributed by atoms with Crippen molar-refractivity contribution in [3.63, 3.8) is 0 Å². The van der Waals surface area contributed by atoms with E-state index in [9.17, 15) is 0 Å². The zero-order valence-electron chi connectivity index (χ0n) is 11.3. The minimum atomic E-state index is 0.569. The first-order valence-electron chi connectivity index (χ1n) is 7.56. The smallest absolute Gasteiger partial charge is 0.0417 e. The van der Waals surface area contributed by atoms with Gasteiger partial charge >= 0.3 is 0 Å². The summed E-state index contributed by atoms with van der Waals surface area (Å²) in [6.45, 7) is 2.58. The lowest BCUT2D eigenvalue weighted by molar-refractivity contribution is 0.314. The molecule has 1 aromatic carbocycles. The average molecular weight is 274 g/mol. The normalized spacial score (nSPS) is 31.4. The molecule has 3 heteroatoms. The van der Waals surface area contributed by atoms with Crippen molar-refractivity contribution >= 4 is 11.8 Å². The molecule has 0 amide bonds. The second kappa shape index (κ2) is 5.12. The molecule has 0 radical (unpaired) electrons. The van der Waals surface area contributed by atoms with Gasteiger partial charge in [0.2, 0.25) is 0 Å². The number of benzene rings is 1. The van der Waals surface area contributed by atoms with E-state index in [1.54, 1.807) is 5.56 Å². The first kappa shape index (κ1) is 12.2. The van der Waals surface area contributed by atoms with Crippen LogP contribution in [0.3, 0.4) is 0 Å². The highest BCUT2D eigenvalue weighted by Crippen LogP contribution is 2.34. The third kappa shape index (κ3) is 2.56. The van der Waals surface area contributed by atoms with E-state index in [4.69, 9.17) is 0 Å². The minimum absolute atomic E-state index is 0.569. The molecule has 1 N–H and O–H groups in total. The van der Waals surface area contributed by atoms with Crippen LogP contribution in [0.15, 0.2) is 24.3 Å². The lowest BCUT2D eigenvalue weighted by Crippen LogP contribution is -2.38. The van der Waals surface area contributed by atoms with Gasteiger partial charge in [-0.1, -0.05) is 24.3 Å². The number of hydrogen-bond donors (Lipinski definition) is 1. The highest BCUT2D eigenvalue weighted by atomic mass is 32.2. The first-order chi connectivity index (χ1) is 9.40. The molecule has 2 aliphatic heterocycles. The van der Waals surface area contributed by atoms with Crippen LogP contribution >= 0.6 is 11.8 Å². The van der Waals surface area contributed by atoms with Crippen LogP contribution in [0.4, 0.5) is 0 Å². The molecule has 2 fully saturated rings. The van der Waals surface area contributed by atoms with Gasteiger partial charge in [-0.3, -0.25) is 4.90 Å². The molecule has 2 unspecified atom stereocenters. The summed E-state index contributed by atoms with van der Waals surface area (Å²) >= 11 is 2.07. The van der Waals surface area contributed by atoms with Crippen molar-refractivity contribution < 1.29 is 0 Å². The fourth-order valence-corrected chi connectivity index (χ4v) is 4.61. The van der Waals surface area contributed by atoms with Crippen LogP contribution in [0.5, 0.6) is 0 Å². The highest BCUT2D eigenvalue weighted by molar-refractivity contribution is 7.98. The monoisotopic (exact) mass is 274 g/mol. The largest absolute Gasteiger partial charge is 0.305 e. The molecule has 1 saturated heterocycles. The van der Waals surface area contributed by atoms with Gasteiger partial charge < -0.3 is 5.32 Å². The van der Waals surface area contributed by atoms with Gasteiger partial charge in [0.25, 0.3) is 0 Å². The molecular weight excluding hydrogens is 252 g/mol. The molecule has 19 heavy (non-hydrogen) atoms. The molecule has 0 spiro atoms. The quantitative estimate of drug-likeness (QED) is 0.912. The van der Waals surface area contributed by atoms with E-state index in [0.717, 1.165) is 6.04 Å². The van der Waals surface area contributed by atoms with Gasteiger partial charge in [-0.2, -0.15) is 11.8 Å². The molecule has 1 aliphatic carbocycles. The third-order valence-corrected chi connectivity index (χ3v) is 5.78. The maximum absolute atomic E-state index is 3.92. The Kier molecular flexibility index (Phi) is 3.30. The van der Waals surface area contributed by atoms with Crippen molar-refractivity contribution in [1.29, 1.82) is 0 Å². The predicted molar refractivity (Wildman–Crippen MR) is 81.5 cm³/mol. The topological polar surface area (TPSA) is 15.3 Å². The average Bonchev–Trinajstić information content (AvgIpc) is 3.20. The second-order valence-electron chi connectivity index (χ2n) is 6.14. The molecule has 0 aromatic heterocycles. The van der Waals surface area contributed by atoms with Gasteiger partial charge in [0.15, 0.2) is 0 Å². The predicted octanol–water partition coefficient (Wildman–Crippen LogP) is 2.80. The van der Waals surface area contributed by atoms with Crippen LogP contribution in [0.2, 0.25) is 0 Å². The summed E-state index contributed by atoms with van der Waals surface area (Å²) in [5.41, 5.74) is 3.08. The van der Waals surface area contributed by atoms with E-state index in [2.05, 4.69) is 46.2 Å². The SMILES string of the molecule is c1ccc2c(c1)CSCC2NC1CCN(C2CC2)C1. The molecular formula is C16H22N2S. The van der Waals surface area contributed by atoms with E-state index in [-0.39, 0.29) is 0 Å². The van der Waals surface area contributed by atoms with Gasteiger partial charge in [-0.05, 0) is 30.4 Å². The van der Waals surface area contributed by atoms with Gasteiger partial charge in [0.05, 0.1) is 0 Å². The number of hydrogen-bond acceptors (Lipinski definition) is 3. The maximum Gasteiger partial charge on any atom is 0.0417 e. The molecule has 1 aromatic rings. The summed E-state index contributed by atoms with van der Waals surface area (Å²) in [6.07, 6.45) is 4.21. The van der Waals surface area contributed by atoms with Crippen molar-refractivity contribution in [2.24, 2.45) is 0 Å². The Morgan fingerprint density at radius 1 is 1.16 bits per heavy atom. The number of nitrogens with zero attached hydrogens (tertiary/aromatic N) is 1. The van der Waals surface area contributed by atoms with Crippen LogP contribution in [0, 0.1) is 0 Å². The van der Waals surface area contributed by atoms with Crippen LogP contribution in [0.25, 0.3) is 0 Å². The standard InChI is InChI=1S/C16H22N2S/c1-2-4-15-12(3-1)10-19-11-16(15)17-13-7-8-18(9-13)14-5-6-14/h1-4,13-14,16-17H,5-11H2. The number of thioether (sulfide) groups is 1. The Morgan fingerprint density at radius 2 is 2.05 bits per heavy atom. The van der Waals surface area contributed by atoms with E-state index >= 15 is 0 Å². The van der Waals surface area contributed by atoms with Crippen molar-refractivity contribution in [3.8, 4) is 0 Å². The van der Waals surface area contributed by atoms with Crippen molar-refractivity contribution in [1.82, 2.24) is 10.2 Å². The lowest BCUT2D eigenvalue weighted by Gasteiger charge is -2.29. The van der Waals surface area contributed by atoms with Gasteiger partial charge in [-0.25, -0.2) is 0 Å². The Hall–Kier alpha value is -0.510. The molecule has 2 heterocycles. The molecule has 2 atom stereocenters. The Morgan fingerprint density at radius 3 is 2.95 bits per heavy atom. The number of likely N-dealkylation sites (tertiary alicyclic amines) is 1. The Labute approximate surface area is 119 Å². The summed E-state index contributed by atoms with van der Waals surface area (Å²) in [7, 11) is 0. The summed E-state index contributed by atoms with van der Waals surface area (Å²) in [6, 6.07) is 11.2. The highest BCUT2D eigenvalue weighted by Gasteiger charge is 2.35. The van der Waals surface area contributed by atoms with E-state index < -0.39 is 0 Å². The van der Waals surface area contributed by atoms with Crippen LogP contribution in [-0.4, -0.2) is 35.8 Å². The fourth-order valence-electron chi connectivity index (χ4n) is 3.50. The number of fused-ring (bicyclic) bond motifs is 1. The zero-order chi connectivity index (χ0) is 12.7. The van der Waals surface area contributed by atoms with Crippen LogP contribution in [0.1, 0.15) is 36.4 Å². The van der Waals surface area contributed by atoms with Gasteiger partial charge in [0, 0.05) is 42.7 Å². The molecule has 0 bridgehead atoms. The first-order valence-corrected chi connectivity index (χ1v) is 8.71. The summed E-state index contributed by atoms with van der Waals surface area (Å²) in [5, 5.41) is 3.92. The van der Waals surface area contributed by atoms with Gasteiger partial charge in [0.1, 0.15) is 0 Å². The van der Waals surface area contributed by atoms with Crippen molar-refractivity contribution in [2.45, 2.75) is 43.1 Å². The molecule has 3 aliphatic rings. The van der Waals surface area contributed by atoms with Crippen molar-refractivity contribution in [2.75, 3.05) is 18.8 Å². The molecule has 1 saturated carbocycles. The summed E-state index contributed by atoms with van der Waals surface area (Å²) < 4.78 is 0. The molecule has 2 nitrogen and oxygen atoms in total. The molecule has 102 valence electrons. The van der Waals surface area contributed by atoms with Crippen molar-refractivity contribution in [3.05, 3.63) is 35.4 Å². The fraction of sp³-hybridized carbons (Fsp3) is 0.625. The summed E-state index contributed by atoms with van der Waals surface area (Å²) in [4.78, 5) is 2.69. The Bertz CT molecular complexity index is 458. The third-order valence-electron chi connectivity index (χ3n) is 4.69. The van der Waals surface area contributed by atoms with E-state index in [0.29, 0.717) is 12.1 Å². The summed E-state index contributed by atoms with van der Waals surface area (Å²) in [5.74, 6) is 2.42. The maximum atomic E-state index is 3.92. The van der Waals surface area contributed by atoms with E-state index in [1.165, 1.54) is 49.4 Å². The minimum Gasteiger partial charge on any atom is -0.305 e. The number of nitrogens with one attached hydrogen (secondary N) is 1. The number of rotatable bonds is 3. The van der Waals surface area contributed by atoms with Crippen LogP contribution in [-0.2, 0) is 5.75 Å². The van der Waals surface area contributed by atoms with E-state index in [1.807, 2.05) is 0 Å². The second-order valence-corrected chi connectivity index (χ2v) is 7.18. The van der Waals surface area contributed by atoms with Crippen LogP contribution < -0.4 is 5.32 Å². The Balaban J connectivity index is 1.43.